The zero-order valence-electron chi connectivity index (χ0n) is 22.6. The van der Waals surface area contributed by atoms with E-state index in [0.29, 0.717) is 37.0 Å². The van der Waals surface area contributed by atoms with Crippen molar-refractivity contribution in [1.82, 2.24) is 25.3 Å². The average Bonchev–Trinajstić information content (AvgIpc) is 3.28. The van der Waals surface area contributed by atoms with Crippen LogP contribution >= 0.6 is 0 Å². The van der Waals surface area contributed by atoms with Crippen molar-refractivity contribution in [3.63, 3.8) is 0 Å². The zero-order chi connectivity index (χ0) is 27.2. The second-order valence-electron chi connectivity index (χ2n) is 9.48. The third-order valence-electron chi connectivity index (χ3n) is 6.78. The average molecular weight is 525 g/mol. The van der Waals surface area contributed by atoms with Crippen molar-refractivity contribution in [2.45, 2.75) is 38.8 Å². The maximum Gasteiger partial charge on any atom is 0.409 e. The second-order valence-corrected chi connectivity index (χ2v) is 9.48. The Balaban J connectivity index is 1.65. The van der Waals surface area contributed by atoms with Crippen LogP contribution in [0.1, 0.15) is 24.3 Å². The fourth-order valence-corrected chi connectivity index (χ4v) is 4.68. The van der Waals surface area contributed by atoms with Crippen LogP contribution in [0.4, 0.5) is 10.6 Å². The van der Waals surface area contributed by atoms with Gasteiger partial charge in [0.25, 0.3) is 0 Å². The van der Waals surface area contributed by atoms with Crippen LogP contribution in [0.5, 0.6) is 5.75 Å². The molecule has 11 heteroatoms. The fourth-order valence-electron chi connectivity index (χ4n) is 4.68. The quantitative estimate of drug-likeness (QED) is 0.431. The number of amides is 1. The summed E-state index contributed by atoms with van der Waals surface area (Å²) in [6.07, 6.45) is 0.679. The number of aliphatic hydroxyl groups is 1. The van der Waals surface area contributed by atoms with Gasteiger partial charge in [0.15, 0.2) is 5.82 Å². The van der Waals surface area contributed by atoms with Crippen LogP contribution in [-0.4, -0.2) is 90.8 Å². The predicted octanol–water partition coefficient (Wildman–Crippen LogP) is 3.04. The van der Waals surface area contributed by atoms with E-state index in [1.54, 1.807) is 11.9 Å². The monoisotopic (exact) mass is 524 g/mol. The topological polar surface area (TPSA) is 126 Å². The number of methoxy groups -OCH3 is 1. The number of hydrogen-bond donors (Lipinski definition) is 2. The number of piperidine rings is 1. The molecule has 1 amide bonds. The summed E-state index contributed by atoms with van der Waals surface area (Å²) in [6.45, 7) is 5.61. The highest BCUT2D eigenvalue weighted by molar-refractivity contribution is 5.71. The van der Waals surface area contributed by atoms with Gasteiger partial charge >= 0.3 is 6.09 Å². The smallest absolute Gasteiger partial charge is 0.409 e. The van der Waals surface area contributed by atoms with Crippen molar-refractivity contribution >= 4 is 11.9 Å². The molecule has 2 N–H and O–H groups in total. The summed E-state index contributed by atoms with van der Waals surface area (Å²) in [6, 6.07) is 9.68. The maximum atomic E-state index is 11.9. The molecule has 1 aliphatic heterocycles. The number of ether oxygens (including phenoxy) is 2. The molecule has 2 aromatic heterocycles. The first-order chi connectivity index (χ1) is 18.3. The lowest BCUT2D eigenvalue weighted by atomic mass is 10.0. The molecule has 38 heavy (non-hydrogen) atoms. The van der Waals surface area contributed by atoms with Gasteiger partial charge in [-0.05, 0) is 45.9 Å². The number of nitrogens with one attached hydrogen (secondary N) is 1. The summed E-state index contributed by atoms with van der Waals surface area (Å²) in [4.78, 5) is 25.6. The standard InChI is InChI=1S/C27H36N6O5/c1-17-25(18(2)38-31-17)23-14-24(32(4)20-9-11-33(12-10-20)27(35)36-5)30-26(29-23)19-7-6-8-22(13-19)37-16-21(34)15-28-3/h6-8,13-14,20-21,28,34H,9-12,15-16H2,1-5H3. The molecule has 3 aromatic rings. The van der Waals surface area contributed by atoms with Crippen molar-refractivity contribution in [3.05, 3.63) is 41.8 Å². The number of hydrogen-bond acceptors (Lipinski definition) is 10. The van der Waals surface area contributed by atoms with E-state index in [2.05, 4.69) is 15.4 Å². The highest BCUT2D eigenvalue weighted by Gasteiger charge is 2.27. The molecule has 3 heterocycles. The third-order valence-corrected chi connectivity index (χ3v) is 6.78. The minimum Gasteiger partial charge on any atom is -0.491 e. The van der Waals surface area contributed by atoms with Crippen LogP contribution in [0.25, 0.3) is 22.6 Å². The Morgan fingerprint density at radius 3 is 2.68 bits per heavy atom. The van der Waals surface area contributed by atoms with Gasteiger partial charge in [0.2, 0.25) is 0 Å². The normalized spacial score (nSPS) is 14.8. The van der Waals surface area contributed by atoms with E-state index in [9.17, 15) is 9.90 Å². The second kappa shape index (κ2) is 12.2. The summed E-state index contributed by atoms with van der Waals surface area (Å²) >= 11 is 0. The molecule has 0 aliphatic carbocycles. The van der Waals surface area contributed by atoms with Crippen LogP contribution in [0, 0.1) is 13.8 Å². The first-order valence-electron chi connectivity index (χ1n) is 12.7. The highest BCUT2D eigenvalue weighted by atomic mass is 16.5. The van der Waals surface area contributed by atoms with Gasteiger partial charge in [-0.3, -0.25) is 0 Å². The first kappa shape index (κ1) is 27.3. The molecule has 4 rings (SSSR count). The van der Waals surface area contributed by atoms with Gasteiger partial charge in [-0.25, -0.2) is 14.8 Å². The van der Waals surface area contributed by atoms with Crippen LogP contribution in [0.3, 0.4) is 0 Å². The molecule has 1 atom stereocenters. The number of carbonyl (C=O) groups excluding carboxylic acids is 1. The molecule has 0 bridgehead atoms. The Kier molecular flexibility index (Phi) is 8.80. The van der Waals surface area contributed by atoms with Crippen molar-refractivity contribution in [2.24, 2.45) is 0 Å². The van der Waals surface area contributed by atoms with Crippen LogP contribution in [0.2, 0.25) is 0 Å². The summed E-state index contributed by atoms with van der Waals surface area (Å²) < 4.78 is 16.1. The van der Waals surface area contributed by atoms with Crippen LogP contribution in [0.15, 0.2) is 34.9 Å². The van der Waals surface area contributed by atoms with Gasteiger partial charge in [0.05, 0.1) is 24.1 Å². The summed E-state index contributed by atoms with van der Waals surface area (Å²) in [5, 5.41) is 17.1. The number of likely N-dealkylation sites (N-methyl/N-ethyl adjacent to an activating group) is 1. The van der Waals surface area contributed by atoms with E-state index in [0.717, 1.165) is 41.2 Å². The van der Waals surface area contributed by atoms with Crippen LogP contribution in [-0.2, 0) is 4.74 Å². The molecular weight excluding hydrogens is 488 g/mol. The summed E-state index contributed by atoms with van der Waals surface area (Å²) in [5.74, 6) is 2.60. The number of aromatic nitrogens is 3. The largest absolute Gasteiger partial charge is 0.491 e. The zero-order valence-corrected chi connectivity index (χ0v) is 22.6. The van der Waals surface area contributed by atoms with E-state index in [-0.39, 0.29) is 18.7 Å². The number of carbonyl (C=O) groups is 1. The Morgan fingerprint density at radius 1 is 1.26 bits per heavy atom. The number of anilines is 1. The molecule has 11 nitrogen and oxygen atoms in total. The Morgan fingerprint density at radius 2 is 2.03 bits per heavy atom. The van der Waals surface area contributed by atoms with Crippen molar-refractivity contribution in [2.75, 3.05) is 52.3 Å². The summed E-state index contributed by atoms with van der Waals surface area (Å²) in [5.41, 5.74) is 3.10. The Bertz CT molecular complexity index is 1220. The van der Waals surface area contributed by atoms with E-state index in [1.807, 2.05) is 51.2 Å². The molecule has 1 fully saturated rings. The first-order valence-corrected chi connectivity index (χ1v) is 12.7. The SMILES string of the molecule is CNCC(O)COc1cccc(-c2nc(-c3c(C)noc3C)cc(N(C)C3CCN(C(=O)OC)CC3)n2)c1. The van der Waals surface area contributed by atoms with Crippen molar-refractivity contribution in [1.29, 1.82) is 0 Å². The molecule has 1 aliphatic rings. The molecule has 204 valence electrons. The van der Waals surface area contributed by atoms with Gasteiger partial charge in [-0.15, -0.1) is 0 Å². The van der Waals surface area contributed by atoms with Crippen molar-refractivity contribution < 1.29 is 23.9 Å². The van der Waals surface area contributed by atoms with Gasteiger partial charge in [0, 0.05) is 44.4 Å². The molecule has 1 unspecified atom stereocenters. The van der Waals surface area contributed by atoms with E-state index < -0.39 is 6.10 Å². The van der Waals surface area contributed by atoms with Crippen LogP contribution < -0.4 is 15.0 Å². The van der Waals surface area contributed by atoms with E-state index in [1.165, 1.54) is 7.11 Å². The lowest BCUT2D eigenvalue weighted by molar-refractivity contribution is 0.108. The van der Waals surface area contributed by atoms with E-state index in [4.69, 9.17) is 24.0 Å². The Hall–Kier alpha value is -3.70. The molecule has 1 saturated heterocycles. The molecule has 1 aromatic carbocycles. The lowest BCUT2D eigenvalue weighted by Crippen LogP contribution is -2.45. The third kappa shape index (κ3) is 6.22. The fraction of sp³-hybridized carbons (Fsp3) is 0.481. The van der Waals surface area contributed by atoms with Gasteiger partial charge in [0.1, 0.15) is 30.0 Å². The van der Waals surface area contributed by atoms with Gasteiger partial charge in [-0.2, -0.15) is 0 Å². The highest BCUT2D eigenvalue weighted by Crippen LogP contribution is 2.32. The number of benzene rings is 1. The predicted molar refractivity (Wildman–Crippen MR) is 143 cm³/mol. The maximum absolute atomic E-state index is 11.9. The Labute approximate surface area is 222 Å². The minimum absolute atomic E-state index is 0.169. The number of aliphatic hydroxyl groups excluding tert-OH is 1. The minimum atomic E-state index is -0.617. The van der Waals surface area contributed by atoms with E-state index >= 15 is 0 Å². The number of likely N-dealkylation sites (tertiary alicyclic amines) is 1. The van der Waals surface area contributed by atoms with Gasteiger partial charge in [-0.1, -0.05) is 17.3 Å². The lowest BCUT2D eigenvalue weighted by Gasteiger charge is -2.36. The molecule has 0 radical (unpaired) electrons. The number of aryl methyl sites for hydroxylation is 2. The van der Waals surface area contributed by atoms with Gasteiger partial charge < -0.3 is 34.2 Å². The molecule has 0 spiro atoms. The number of nitrogens with zero attached hydrogens (tertiary/aromatic N) is 5. The number of rotatable bonds is 9. The van der Waals surface area contributed by atoms with Crippen molar-refractivity contribution in [3.8, 4) is 28.4 Å². The summed E-state index contributed by atoms with van der Waals surface area (Å²) in [7, 11) is 5.21. The molecular formula is C27H36N6O5. The molecule has 0 saturated carbocycles.